The van der Waals surface area contributed by atoms with Gasteiger partial charge in [0.05, 0.1) is 70.8 Å². The molecular weight excluding hydrogens is 684 g/mol. The summed E-state index contributed by atoms with van der Waals surface area (Å²) < 4.78 is 28.1. The molecule has 1 amide bonds. The maximum absolute atomic E-state index is 12.5. The minimum Gasteiger partial charge on any atom is -0.511 e. The van der Waals surface area contributed by atoms with Crippen LogP contribution in [0.2, 0.25) is 0 Å². The van der Waals surface area contributed by atoms with E-state index in [1.165, 1.54) is 6.33 Å². The molecule has 16 heteroatoms. The van der Waals surface area contributed by atoms with Crippen LogP contribution >= 0.6 is 0 Å². The van der Waals surface area contributed by atoms with E-state index in [4.69, 9.17) is 35.2 Å². The number of aliphatic imine (C=N–C) groups is 1. The van der Waals surface area contributed by atoms with Crippen LogP contribution in [0, 0.1) is 5.41 Å². The molecular formula is C37H54N8O8. The first kappa shape index (κ1) is 41.3. The summed E-state index contributed by atoms with van der Waals surface area (Å²) in [5, 5.41) is 13.1. The summed E-state index contributed by atoms with van der Waals surface area (Å²) in [7, 11) is 0. The largest absolute Gasteiger partial charge is 0.511 e. The molecule has 290 valence electrons. The highest BCUT2D eigenvalue weighted by Gasteiger charge is 2.34. The number of fused-ring (bicyclic) bond motifs is 1. The summed E-state index contributed by atoms with van der Waals surface area (Å²) in [5.74, 6) is 0.292. The van der Waals surface area contributed by atoms with Gasteiger partial charge in [0.2, 0.25) is 17.7 Å². The fourth-order valence-electron chi connectivity index (χ4n) is 5.67. The normalized spacial score (nSPS) is 15.2. The number of benzene rings is 1. The number of ketones is 1. The summed E-state index contributed by atoms with van der Waals surface area (Å²) in [6.45, 7) is 10.3. The Morgan fingerprint density at radius 3 is 2.28 bits per heavy atom. The lowest BCUT2D eigenvalue weighted by atomic mass is 9.76. The third-order valence-electron chi connectivity index (χ3n) is 8.42. The van der Waals surface area contributed by atoms with E-state index in [0.29, 0.717) is 127 Å². The van der Waals surface area contributed by atoms with Gasteiger partial charge in [-0.1, -0.05) is 38.1 Å². The number of hydrogen-bond acceptors (Lipinski definition) is 14. The van der Waals surface area contributed by atoms with Crippen LogP contribution in [0.3, 0.4) is 0 Å². The van der Waals surface area contributed by atoms with Gasteiger partial charge in [-0.25, -0.2) is 4.98 Å². The Hall–Kier alpha value is -4.48. The molecule has 0 saturated heterocycles. The van der Waals surface area contributed by atoms with E-state index >= 15 is 0 Å². The SMILES string of the molecule is CC(=NCCCCC(N)C(=O)NCCOCCOCCOCCOCc1ccc(COc2nc(N)nc3nc[nH]c23)cc1)C1=C(O)CC(C)(C)CC1=O. The molecule has 0 aliphatic heterocycles. The number of nitrogens with one attached hydrogen (secondary N) is 2. The highest BCUT2D eigenvalue weighted by atomic mass is 16.6. The van der Waals surface area contributed by atoms with Gasteiger partial charge in [0.1, 0.15) is 17.9 Å². The van der Waals surface area contributed by atoms with Crippen molar-refractivity contribution < 1.29 is 38.4 Å². The second-order valence-electron chi connectivity index (χ2n) is 13.6. The second kappa shape index (κ2) is 21.3. The van der Waals surface area contributed by atoms with Crippen molar-refractivity contribution in [3.05, 3.63) is 53.1 Å². The fraction of sp³-hybridized carbons (Fsp3) is 0.568. The van der Waals surface area contributed by atoms with Crippen LogP contribution in [0.1, 0.15) is 64.0 Å². The highest BCUT2D eigenvalue weighted by Crippen LogP contribution is 2.36. The Morgan fingerprint density at radius 1 is 0.962 bits per heavy atom. The molecule has 1 aliphatic carbocycles. The molecule has 1 atom stereocenters. The zero-order valence-electron chi connectivity index (χ0n) is 31.0. The average molecular weight is 739 g/mol. The van der Waals surface area contributed by atoms with Crippen LogP contribution in [-0.2, 0) is 41.8 Å². The van der Waals surface area contributed by atoms with Crippen molar-refractivity contribution in [3.8, 4) is 5.88 Å². The molecule has 0 saturated carbocycles. The number of hydrogen-bond donors (Lipinski definition) is 5. The molecule has 1 aromatic carbocycles. The number of Topliss-reactive ketones (excluding diaryl/α,β-unsaturated/α-hetero) is 1. The van der Waals surface area contributed by atoms with Crippen molar-refractivity contribution >= 4 is 34.5 Å². The minimum absolute atomic E-state index is 0.0665. The van der Waals surface area contributed by atoms with Crippen LogP contribution in [-0.4, -0.2) is 108 Å². The Morgan fingerprint density at radius 2 is 1.60 bits per heavy atom. The van der Waals surface area contributed by atoms with Crippen LogP contribution in [0.15, 0.2) is 46.9 Å². The van der Waals surface area contributed by atoms with Crippen LogP contribution in [0.4, 0.5) is 5.95 Å². The number of aromatic amines is 1. The van der Waals surface area contributed by atoms with E-state index in [9.17, 15) is 14.7 Å². The van der Waals surface area contributed by atoms with Gasteiger partial charge in [-0.2, -0.15) is 9.97 Å². The molecule has 3 aromatic rings. The Balaban J connectivity index is 0.921. The molecule has 53 heavy (non-hydrogen) atoms. The first-order chi connectivity index (χ1) is 25.5. The molecule has 7 N–H and O–H groups in total. The predicted octanol–water partition coefficient (Wildman–Crippen LogP) is 3.36. The number of rotatable bonds is 24. The number of carbonyl (C=O) groups is 2. The number of allylic oxidation sites excluding steroid dienone is 2. The maximum atomic E-state index is 12.5. The topological polar surface area (TPSA) is 231 Å². The molecule has 16 nitrogen and oxygen atoms in total. The van der Waals surface area contributed by atoms with E-state index in [0.717, 1.165) is 17.5 Å². The molecule has 0 fully saturated rings. The van der Waals surface area contributed by atoms with Crippen molar-refractivity contribution in [1.82, 2.24) is 25.3 Å². The van der Waals surface area contributed by atoms with Crippen molar-refractivity contribution in [2.75, 3.05) is 65.1 Å². The average Bonchev–Trinajstić information content (AvgIpc) is 3.58. The summed E-state index contributed by atoms with van der Waals surface area (Å²) in [6.07, 6.45) is 4.35. The lowest BCUT2D eigenvalue weighted by molar-refractivity contribution is -0.122. The molecule has 2 heterocycles. The third kappa shape index (κ3) is 14.1. The number of amides is 1. The Bertz CT molecular complexity index is 1670. The first-order valence-electron chi connectivity index (χ1n) is 18.0. The maximum Gasteiger partial charge on any atom is 0.245 e. The van der Waals surface area contributed by atoms with Crippen molar-refractivity contribution in [3.63, 3.8) is 0 Å². The van der Waals surface area contributed by atoms with Crippen molar-refractivity contribution in [2.24, 2.45) is 16.1 Å². The van der Waals surface area contributed by atoms with Crippen LogP contribution in [0.25, 0.3) is 11.2 Å². The van der Waals surface area contributed by atoms with Gasteiger partial charge in [0, 0.05) is 31.6 Å². The quantitative estimate of drug-likeness (QED) is 0.0657. The zero-order valence-corrected chi connectivity index (χ0v) is 31.0. The smallest absolute Gasteiger partial charge is 0.245 e. The first-order valence-corrected chi connectivity index (χ1v) is 18.0. The summed E-state index contributed by atoms with van der Waals surface area (Å²) in [5.41, 5.74) is 15.5. The van der Waals surface area contributed by atoms with Gasteiger partial charge in [0.25, 0.3) is 0 Å². The molecule has 2 aromatic heterocycles. The summed E-state index contributed by atoms with van der Waals surface area (Å²) in [4.78, 5) is 44.4. The van der Waals surface area contributed by atoms with Crippen LogP contribution < -0.4 is 21.5 Å². The van der Waals surface area contributed by atoms with E-state index in [1.807, 2.05) is 38.1 Å². The number of aromatic nitrogens is 4. The minimum atomic E-state index is -0.617. The van der Waals surface area contributed by atoms with Crippen molar-refractivity contribution in [2.45, 2.75) is 72.1 Å². The predicted molar refractivity (Wildman–Crippen MR) is 199 cm³/mol. The third-order valence-corrected chi connectivity index (χ3v) is 8.42. The van der Waals surface area contributed by atoms with Gasteiger partial charge >= 0.3 is 0 Å². The number of aliphatic hydroxyl groups is 1. The number of unbranched alkanes of at least 4 members (excludes halogenated alkanes) is 1. The monoisotopic (exact) mass is 738 g/mol. The Labute approximate surface area is 310 Å². The van der Waals surface area contributed by atoms with E-state index in [1.54, 1.807) is 6.92 Å². The lowest BCUT2D eigenvalue weighted by Gasteiger charge is -2.29. The number of nitrogens with two attached hydrogens (primary N) is 2. The standard InChI is InChI=1S/C37H54N8O8/c1-25(31-29(46)20-37(2,3)21-30(31)47)40-11-5-4-6-28(38)34(48)41-12-13-49-14-15-50-16-17-51-18-19-52-22-26-7-9-27(10-8-26)23-53-35-32-33(43-24-42-32)44-36(39)45-35/h7-10,24,28,46H,4-6,11-23,38H2,1-3H3,(H,41,48)(H3,39,42,43,44,45). The molecule has 1 aliphatic rings. The van der Waals surface area contributed by atoms with Gasteiger partial charge in [-0.15, -0.1) is 0 Å². The number of carbonyl (C=O) groups excluding carboxylic acids is 2. The molecule has 1 unspecified atom stereocenters. The van der Waals surface area contributed by atoms with Crippen molar-refractivity contribution in [1.29, 1.82) is 0 Å². The van der Waals surface area contributed by atoms with E-state index in [-0.39, 0.29) is 28.8 Å². The van der Waals surface area contributed by atoms with E-state index < -0.39 is 6.04 Å². The molecule has 4 rings (SSSR count). The number of anilines is 1. The summed E-state index contributed by atoms with van der Waals surface area (Å²) in [6, 6.07) is 7.29. The van der Waals surface area contributed by atoms with Gasteiger partial charge < -0.3 is 50.6 Å². The van der Waals surface area contributed by atoms with Crippen LogP contribution in [0.5, 0.6) is 5.88 Å². The van der Waals surface area contributed by atoms with E-state index in [2.05, 4.69) is 30.2 Å². The number of H-pyrrole nitrogens is 1. The van der Waals surface area contributed by atoms with Gasteiger partial charge in [0.15, 0.2) is 11.4 Å². The second-order valence-corrected chi connectivity index (χ2v) is 13.6. The zero-order chi connectivity index (χ0) is 38.1. The highest BCUT2D eigenvalue weighted by molar-refractivity contribution is 6.22. The molecule has 0 radical (unpaired) electrons. The van der Waals surface area contributed by atoms with Gasteiger partial charge in [-0.05, 0) is 42.7 Å². The van der Waals surface area contributed by atoms with Gasteiger partial charge in [-0.3, -0.25) is 14.6 Å². The fourth-order valence-corrected chi connectivity index (χ4v) is 5.67. The number of ether oxygens (including phenoxy) is 5. The molecule has 0 bridgehead atoms. The number of aliphatic hydroxyl groups excluding tert-OH is 1. The summed E-state index contributed by atoms with van der Waals surface area (Å²) >= 11 is 0. The number of imidazole rings is 1. The lowest BCUT2D eigenvalue weighted by Crippen LogP contribution is -2.41. The Kier molecular flexibility index (Phi) is 16.6. The number of nitrogen functional groups attached to an aromatic ring is 1. The number of nitrogens with zero attached hydrogens (tertiary/aromatic N) is 4. The molecule has 0 spiro atoms.